The summed E-state index contributed by atoms with van der Waals surface area (Å²) in [6.07, 6.45) is 0.581. The number of nitrogens with zero attached hydrogens (tertiary/aromatic N) is 5. The lowest BCUT2D eigenvalue weighted by Crippen LogP contribution is -2.35. The van der Waals surface area contributed by atoms with Crippen LogP contribution in [0.1, 0.15) is 23.1 Å². The van der Waals surface area contributed by atoms with Crippen LogP contribution in [0.25, 0.3) is 0 Å². The van der Waals surface area contributed by atoms with Gasteiger partial charge in [0.15, 0.2) is 0 Å². The molecule has 2 aromatic heterocycles. The predicted octanol–water partition coefficient (Wildman–Crippen LogP) is 1.91. The Balaban J connectivity index is 1.82. The maximum Gasteiger partial charge on any atom is 0.328 e. The molecule has 0 aliphatic carbocycles. The van der Waals surface area contributed by atoms with E-state index in [4.69, 9.17) is 18.9 Å². The minimum absolute atomic E-state index is 0.193. The van der Waals surface area contributed by atoms with Gasteiger partial charge in [0, 0.05) is 60.3 Å². The lowest BCUT2D eigenvalue weighted by Gasteiger charge is -2.30. The number of hydrogen-bond donors (Lipinski definition) is 2. The Labute approximate surface area is 220 Å². The molecule has 0 bridgehead atoms. The molecule has 0 radical (unpaired) electrons. The van der Waals surface area contributed by atoms with Gasteiger partial charge >= 0.3 is 6.03 Å². The number of aromatic nitrogens is 2. The molecular formula is C25H31N7O6. The van der Waals surface area contributed by atoms with E-state index in [1.807, 2.05) is 16.9 Å². The molecule has 0 aromatic carbocycles. The second-order valence-corrected chi connectivity index (χ2v) is 8.18. The van der Waals surface area contributed by atoms with E-state index in [1.165, 1.54) is 25.3 Å². The van der Waals surface area contributed by atoms with Crippen molar-refractivity contribution in [2.45, 2.75) is 12.8 Å². The van der Waals surface area contributed by atoms with Crippen molar-refractivity contribution in [1.29, 1.82) is 5.26 Å². The van der Waals surface area contributed by atoms with Crippen molar-refractivity contribution in [2.24, 2.45) is 0 Å². The molecule has 3 heterocycles. The quantitative estimate of drug-likeness (QED) is 0.251. The number of ether oxygens (including phenoxy) is 4. The number of nitrogens with one attached hydrogen (secondary N) is 2. The smallest absolute Gasteiger partial charge is 0.328 e. The van der Waals surface area contributed by atoms with Gasteiger partial charge in [-0.2, -0.15) is 5.26 Å². The van der Waals surface area contributed by atoms with Crippen molar-refractivity contribution < 1.29 is 28.5 Å². The fraction of sp³-hybridized carbons (Fsp3) is 0.440. The Hall–Kier alpha value is -4.05. The SMILES string of the molecule is COCCNc1cc(NC(=O)N(C)c2ccc(CN3CCOCC3=C=O)c(C(OC)OC)n2)ncc1C#N. The Morgan fingerprint density at radius 2 is 2.11 bits per heavy atom. The summed E-state index contributed by atoms with van der Waals surface area (Å²) in [5.41, 5.74) is 2.50. The van der Waals surface area contributed by atoms with Crippen LogP contribution in [-0.4, -0.2) is 88.1 Å². The van der Waals surface area contributed by atoms with Gasteiger partial charge in [-0.05, 0) is 11.6 Å². The van der Waals surface area contributed by atoms with E-state index in [2.05, 4.69) is 26.7 Å². The predicted molar refractivity (Wildman–Crippen MR) is 138 cm³/mol. The number of amides is 2. The van der Waals surface area contributed by atoms with Crippen molar-refractivity contribution in [2.75, 3.05) is 76.8 Å². The molecule has 0 spiro atoms. The number of carbonyl (C=O) groups excluding carboxylic acids is 2. The maximum atomic E-state index is 13.0. The van der Waals surface area contributed by atoms with Gasteiger partial charge in [-0.3, -0.25) is 10.2 Å². The maximum absolute atomic E-state index is 13.0. The summed E-state index contributed by atoms with van der Waals surface area (Å²) in [5, 5.41) is 15.1. The molecule has 2 aromatic rings. The summed E-state index contributed by atoms with van der Waals surface area (Å²) in [7, 11) is 6.12. The second-order valence-electron chi connectivity index (χ2n) is 8.18. The minimum atomic E-state index is -0.799. The number of carbonyl (C=O) groups is 1. The number of anilines is 3. The monoisotopic (exact) mass is 525 g/mol. The lowest BCUT2D eigenvalue weighted by molar-refractivity contribution is -0.109. The third kappa shape index (κ3) is 7.04. The van der Waals surface area contributed by atoms with Gasteiger partial charge in [0.25, 0.3) is 0 Å². The Morgan fingerprint density at radius 1 is 1.32 bits per heavy atom. The van der Waals surface area contributed by atoms with E-state index in [-0.39, 0.29) is 12.4 Å². The third-order valence-electron chi connectivity index (χ3n) is 5.78. The van der Waals surface area contributed by atoms with E-state index >= 15 is 0 Å². The Morgan fingerprint density at radius 3 is 2.79 bits per heavy atom. The van der Waals surface area contributed by atoms with Crippen LogP contribution in [0.5, 0.6) is 0 Å². The summed E-state index contributed by atoms with van der Waals surface area (Å²) in [5.74, 6) is 2.52. The highest BCUT2D eigenvalue weighted by atomic mass is 16.7. The Bertz CT molecular complexity index is 1210. The van der Waals surface area contributed by atoms with Gasteiger partial charge < -0.3 is 29.2 Å². The highest BCUT2D eigenvalue weighted by Gasteiger charge is 2.24. The van der Waals surface area contributed by atoms with E-state index in [0.717, 1.165) is 5.56 Å². The van der Waals surface area contributed by atoms with Crippen LogP contribution in [0.2, 0.25) is 0 Å². The summed E-state index contributed by atoms with van der Waals surface area (Å²) in [6, 6.07) is 6.64. The van der Waals surface area contributed by atoms with Gasteiger partial charge in [0.1, 0.15) is 35.0 Å². The molecule has 0 unspecified atom stereocenters. The fourth-order valence-corrected chi connectivity index (χ4v) is 3.73. The average molecular weight is 526 g/mol. The first-order valence-corrected chi connectivity index (χ1v) is 11.7. The highest BCUT2D eigenvalue weighted by Crippen LogP contribution is 2.26. The number of urea groups is 1. The standard InChI is InChI=1S/C25H31N7O6/c1-31(25(34)29-21-11-20(27-7-9-35-2)18(12-26)13-28-21)22-6-5-17(23(30-22)24(36-3)37-4)14-32-8-10-38-16-19(32)15-33/h5-6,11,13,24H,7-10,14,16H2,1-4H3,(H2,27,28,29,34). The van der Waals surface area contributed by atoms with E-state index < -0.39 is 12.3 Å². The van der Waals surface area contributed by atoms with Crippen LogP contribution in [0.3, 0.4) is 0 Å². The number of pyridine rings is 2. The molecular weight excluding hydrogens is 494 g/mol. The summed E-state index contributed by atoms with van der Waals surface area (Å²) >= 11 is 0. The Kier molecular flexibility index (Phi) is 10.5. The molecule has 202 valence electrons. The molecule has 3 rings (SSSR count). The van der Waals surface area contributed by atoms with E-state index in [1.54, 1.807) is 26.3 Å². The first kappa shape index (κ1) is 28.5. The molecule has 38 heavy (non-hydrogen) atoms. The van der Waals surface area contributed by atoms with E-state index in [0.29, 0.717) is 61.3 Å². The van der Waals surface area contributed by atoms with Gasteiger partial charge in [-0.1, -0.05) is 6.07 Å². The van der Waals surface area contributed by atoms with Crippen LogP contribution in [0.15, 0.2) is 30.1 Å². The summed E-state index contributed by atoms with van der Waals surface area (Å²) in [6.45, 7) is 2.50. The molecule has 1 aliphatic rings. The van der Waals surface area contributed by atoms with Crippen LogP contribution in [0, 0.1) is 11.3 Å². The number of morpholine rings is 1. The molecule has 1 aliphatic heterocycles. The van der Waals surface area contributed by atoms with Crippen molar-refractivity contribution >= 4 is 29.3 Å². The van der Waals surface area contributed by atoms with Crippen LogP contribution in [0.4, 0.5) is 22.1 Å². The minimum Gasteiger partial charge on any atom is -0.383 e. The van der Waals surface area contributed by atoms with E-state index in [9.17, 15) is 14.9 Å². The average Bonchev–Trinajstić information content (AvgIpc) is 2.94. The molecule has 1 fully saturated rings. The molecule has 0 atom stereocenters. The van der Waals surface area contributed by atoms with Crippen molar-refractivity contribution in [3.8, 4) is 6.07 Å². The molecule has 2 N–H and O–H groups in total. The zero-order valence-electron chi connectivity index (χ0n) is 21.8. The number of hydrogen-bond acceptors (Lipinski definition) is 11. The first-order valence-electron chi connectivity index (χ1n) is 11.7. The van der Waals surface area contributed by atoms with Crippen LogP contribution in [-0.2, 0) is 30.3 Å². The largest absolute Gasteiger partial charge is 0.383 e. The van der Waals surface area contributed by atoms with Gasteiger partial charge in [0.05, 0.1) is 31.1 Å². The molecule has 1 saturated heterocycles. The summed E-state index contributed by atoms with van der Waals surface area (Å²) < 4.78 is 21.3. The molecule has 0 saturated carbocycles. The zero-order valence-corrected chi connectivity index (χ0v) is 21.8. The fourth-order valence-electron chi connectivity index (χ4n) is 3.73. The molecule has 2 amide bonds. The van der Waals surface area contributed by atoms with Crippen LogP contribution < -0.4 is 15.5 Å². The lowest BCUT2D eigenvalue weighted by atomic mass is 10.1. The van der Waals surface area contributed by atoms with Crippen LogP contribution >= 0.6 is 0 Å². The second kappa shape index (κ2) is 14.0. The number of rotatable bonds is 11. The molecule has 13 nitrogen and oxygen atoms in total. The van der Waals surface area contributed by atoms with Gasteiger partial charge in [-0.25, -0.2) is 19.6 Å². The summed E-state index contributed by atoms with van der Waals surface area (Å²) in [4.78, 5) is 36.4. The van der Waals surface area contributed by atoms with Crippen molar-refractivity contribution in [3.63, 3.8) is 0 Å². The zero-order chi connectivity index (χ0) is 27.5. The van der Waals surface area contributed by atoms with Gasteiger partial charge in [-0.15, -0.1) is 0 Å². The normalized spacial score (nSPS) is 13.2. The highest BCUT2D eigenvalue weighted by molar-refractivity contribution is 6.00. The van der Waals surface area contributed by atoms with Gasteiger partial charge in [0.2, 0.25) is 6.29 Å². The molecule has 13 heteroatoms. The van der Waals surface area contributed by atoms with Crippen molar-refractivity contribution in [1.82, 2.24) is 14.9 Å². The number of nitriles is 1. The van der Waals surface area contributed by atoms with Crippen molar-refractivity contribution in [3.05, 3.63) is 46.9 Å². The third-order valence-corrected chi connectivity index (χ3v) is 5.78. The topological polar surface area (TPSA) is 151 Å². The number of methoxy groups -OCH3 is 3. The first-order chi connectivity index (χ1) is 18.4.